The third-order valence-electron chi connectivity index (χ3n) is 5.20. The zero-order valence-electron chi connectivity index (χ0n) is 16.7. The van der Waals surface area contributed by atoms with Gasteiger partial charge in [0.1, 0.15) is 0 Å². The summed E-state index contributed by atoms with van der Waals surface area (Å²) in [5.41, 5.74) is 3.55. The summed E-state index contributed by atoms with van der Waals surface area (Å²) in [5, 5.41) is 0. The van der Waals surface area contributed by atoms with Gasteiger partial charge in [0.25, 0.3) is 0 Å². The molecule has 0 aliphatic carbocycles. The van der Waals surface area contributed by atoms with Crippen molar-refractivity contribution in [2.24, 2.45) is 0 Å². The van der Waals surface area contributed by atoms with Gasteiger partial charge < -0.3 is 9.47 Å². The predicted molar refractivity (Wildman–Crippen MR) is 119 cm³/mol. The Bertz CT molecular complexity index is 860. The molecule has 0 bridgehead atoms. The van der Waals surface area contributed by atoms with Crippen molar-refractivity contribution < 1.29 is 9.47 Å². The van der Waals surface area contributed by atoms with Crippen molar-refractivity contribution in [3.63, 3.8) is 0 Å². The van der Waals surface area contributed by atoms with E-state index < -0.39 is 5.79 Å². The second kappa shape index (κ2) is 10.0. The fourth-order valence-electron chi connectivity index (χ4n) is 3.95. The van der Waals surface area contributed by atoms with E-state index in [1.807, 2.05) is 31.2 Å². The molecule has 2 atom stereocenters. The van der Waals surface area contributed by atoms with Crippen LogP contribution in [0, 0.1) is 0 Å². The Balaban J connectivity index is 0.00000240. The molecule has 0 radical (unpaired) electrons. The fraction of sp³-hybridized carbons (Fsp3) is 0.280. The molecule has 4 rings (SSSR count). The number of morpholine rings is 1. The summed E-state index contributed by atoms with van der Waals surface area (Å²) < 4.78 is 13.0. The summed E-state index contributed by atoms with van der Waals surface area (Å²) in [6, 6.07) is 31.4. The lowest BCUT2D eigenvalue weighted by molar-refractivity contribution is -0.303. The topological polar surface area (TPSA) is 21.7 Å². The average Bonchev–Trinajstić information content (AvgIpc) is 2.76. The minimum Gasteiger partial charge on any atom is -0.345 e. The molecule has 1 fully saturated rings. The van der Waals surface area contributed by atoms with Gasteiger partial charge in [0.2, 0.25) is 5.79 Å². The lowest BCUT2D eigenvalue weighted by atomic mass is 9.99. The number of hydrogen-bond donors (Lipinski definition) is 0. The Morgan fingerprint density at radius 3 is 2.10 bits per heavy atom. The Labute approximate surface area is 179 Å². The lowest BCUT2D eigenvalue weighted by Gasteiger charge is -2.46. The highest BCUT2D eigenvalue weighted by molar-refractivity contribution is 5.85. The smallest absolute Gasteiger partial charge is 0.208 e. The van der Waals surface area contributed by atoms with E-state index in [0.29, 0.717) is 13.2 Å². The summed E-state index contributed by atoms with van der Waals surface area (Å²) >= 11 is 0. The van der Waals surface area contributed by atoms with Crippen LogP contribution in [0.2, 0.25) is 0 Å². The molecule has 0 amide bonds. The Morgan fingerprint density at radius 1 is 0.897 bits per heavy atom. The molecule has 0 aromatic heterocycles. The maximum atomic E-state index is 6.69. The maximum absolute atomic E-state index is 6.69. The summed E-state index contributed by atoms with van der Waals surface area (Å²) in [5.74, 6) is -0.774. The van der Waals surface area contributed by atoms with E-state index in [1.54, 1.807) is 0 Å². The second-order valence-corrected chi connectivity index (χ2v) is 7.22. The molecule has 152 valence electrons. The number of hydrogen-bond acceptors (Lipinski definition) is 3. The number of benzene rings is 3. The maximum Gasteiger partial charge on any atom is 0.208 e. The Morgan fingerprint density at radius 2 is 1.48 bits per heavy atom. The summed E-state index contributed by atoms with van der Waals surface area (Å²) in [6.07, 6.45) is -0.0505. The molecule has 0 saturated carbocycles. The third-order valence-corrected chi connectivity index (χ3v) is 5.20. The molecule has 1 aliphatic rings. The SMILES string of the molecule is CCOC1(c2ccccc2)CN(Cc2ccccc2)CC(c2ccccc2)O1.Cl. The Hall–Kier alpha value is -2.17. The van der Waals surface area contributed by atoms with Gasteiger partial charge in [-0.15, -0.1) is 12.4 Å². The first-order valence-corrected chi connectivity index (χ1v) is 9.97. The van der Waals surface area contributed by atoms with Crippen LogP contribution in [0.25, 0.3) is 0 Å². The van der Waals surface area contributed by atoms with Gasteiger partial charge in [-0.05, 0) is 18.1 Å². The minimum atomic E-state index is -0.774. The van der Waals surface area contributed by atoms with E-state index in [1.165, 1.54) is 11.1 Å². The monoisotopic (exact) mass is 409 g/mol. The summed E-state index contributed by atoms with van der Waals surface area (Å²) in [7, 11) is 0. The highest BCUT2D eigenvalue weighted by Gasteiger charge is 2.43. The highest BCUT2D eigenvalue weighted by Crippen LogP contribution is 2.39. The first-order chi connectivity index (χ1) is 13.8. The van der Waals surface area contributed by atoms with Crippen molar-refractivity contribution >= 4 is 12.4 Å². The Kier molecular flexibility index (Phi) is 7.45. The number of rotatable bonds is 6. The van der Waals surface area contributed by atoms with E-state index in [-0.39, 0.29) is 18.5 Å². The molecule has 3 aromatic carbocycles. The molecule has 4 heteroatoms. The van der Waals surface area contributed by atoms with Gasteiger partial charge in [-0.3, -0.25) is 4.90 Å². The van der Waals surface area contributed by atoms with E-state index in [4.69, 9.17) is 9.47 Å². The normalized spacial score (nSPS) is 22.0. The van der Waals surface area contributed by atoms with Gasteiger partial charge >= 0.3 is 0 Å². The minimum absolute atomic E-state index is 0. The van der Waals surface area contributed by atoms with Crippen LogP contribution in [-0.4, -0.2) is 24.6 Å². The summed E-state index contributed by atoms with van der Waals surface area (Å²) in [4.78, 5) is 2.44. The van der Waals surface area contributed by atoms with Gasteiger partial charge in [0, 0.05) is 25.3 Å². The first-order valence-electron chi connectivity index (χ1n) is 9.97. The van der Waals surface area contributed by atoms with Crippen molar-refractivity contribution in [1.82, 2.24) is 4.90 Å². The van der Waals surface area contributed by atoms with Crippen LogP contribution in [0.4, 0.5) is 0 Å². The van der Waals surface area contributed by atoms with Crippen LogP contribution in [0.3, 0.4) is 0 Å². The van der Waals surface area contributed by atoms with Crippen molar-refractivity contribution in [3.05, 3.63) is 108 Å². The van der Waals surface area contributed by atoms with Gasteiger partial charge in [-0.25, -0.2) is 0 Å². The molecular formula is C25H28ClNO2. The fourth-order valence-corrected chi connectivity index (χ4v) is 3.95. The van der Waals surface area contributed by atoms with Crippen molar-refractivity contribution in [3.8, 4) is 0 Å². The van der Waals surface area contributed by atoms with Crippen LogP contribution < -0.4 is 0 Å². The summed E-state index contributed by atoms with van der Waals surface area (Å²) in [6.45, 7) is 5.02. The molecule has 0 spiro atoms. The molecule has 2 unspecified atom stereocenters. The van der Waals surface area contributed by atoms with Gasteiger partial charge in [0.05, 0.1) is 12.6 Å². The molecule has 1 saturated heterocycles. The van der Waals surface area contributed by atoms with Gasteiger partial charge in [0.15, 0.2) is 0 Å². The molecule has 1 aliphatic heterocycles. The van der Waals surface area contributed by atoms with Crippen LogP contribution in [0.5, 0.6) is 0 Å². The zero-order chi connectivity index (χ0) is 19.2. The molecule has 3 nitrogen and oxygen atoms in total. The van der Waals surface area contributed by atoms with Crippen LogP contribution in [0.15, 0.2) is 91.0 Å². The molecule has 29 heavy (non-hydrogen) atoms. The van der Waals surface area contributed by atoms with E-state index in [0.717, 1.165) is 18.7 Å². The van der Waals surface area contributed by atoms with E-state index in [2.05, 4.69) is 71.6 Å². The van der Waals surface area contributed by atoms with Crippen LogP contribution in [-0.2, 0) is 21.8 Å². The quantitative estimate of drug-likeness (QED) is 0.531. The largest absolute Gasteiger partial charge is 0.345 e. The zero-order valence-corrected chi connectivity index (χ0v) is 17.6. The van der Waals surface area contributed by atoms with E-state index in [9.17, 15) is 0 Å². The van der Waals surface area contributed by atoms with Crippen LogP contribution in [0.1, 0.15) is 29.7 Å². The molecule has 3 aromatic rings. The van der Waals surface area contributed by atoms with Crippen molar-refractivity contribution in [2.75, 3.05) is 19.7 Å². The van der Waals surface area contributed by atoms with Gasteiger partial charge in [-0.2, -0.15) is 0 Å². The third kappa shape index (κ3) is 5.06. The lowest BCUT2D eigenvalue weighted by Crippen LogP contribution is -2.52. The molecule has 1 heterocycles. The molecular weight excluding hydrogens is 382 g/mol. The standard InChI is InChI=1S/C25H27NO2.ClH/c1-2-27-25(23-16-10-5-11-17-23)20-26(18-21-12-6-3-7-13-21)19-24(28-25)22-14-8-4-9-15-22;/h3-17,24H,2,18-20H2,1H3;1H. The second-order valence-electron chi connectivity index (χ2n) is 7.22. The van der Waals surface area contributed by atoms with E-state index >= 15 is 0 Å². The van der Waals surface area contributed by atoms with Crippen molar-refractivity contribution in [1.29, 1.82) is 0 Å². The average molecular weight is 410 g/mol. The van der Waals surface area contributed by atoms with Crippen molar-refractivity contribution in [2.45, 2.75) is 25.4 Å². The molecule has 0 N–H and O–H groups in total. The van der Waals surface area contributed by atoms with Gasteiger partial charge in [-0.1, -0.05) is 91.0 Å². The number of ether oxygens (including phenoxy) is 2. The highest BCUT2D eigenvalue weighted by atomic mass is 35.5. The van der Waals surface area contributed by atoms with Crippen LogP contribution >= 0.6 is 12.4 Å². The predicted octanol–water partition coefficient (Wildman–Crippen LogP) is 5.57. The number of halogens is 1. The first kappa shape index (κ1) is 21.5. The number of nitrogens with zero attached hydrogens (tertiary/aromatic N) is 1.